The molecule has 2 nitrogen and oxygen atoms in total. The zero-order chi connectivity index (χ0) is 13.4. The first-order chi connectivity index (χ1) is 9.19. The van der Waals surface area contributed by atoms with Gasteiger partial charge in [0.05, 0.1) is 0 Å². The molecular formula is C15H20F2N2. The van der Waals surface area contributed by atoms with Crippen LogP contribution in [0, 0.1) is 23.5 Å². The Balaban J connectivity index is 1.76. The van der Waals surface area contributed by atoms with Crippen molar-refractivity contribution in [1.29, 1.82) is 0 Å². The first kappa shape index (κ1) is 13.0. The number of nitrogens with one attached hydrogen (secondary N) is 1. The third-order valence-corrected chi connectivity index (χ3v) is 4.63. The average molecular weight is 266 g/mol. The molecule has 2 heterocycles. The van der Waals surface area contributed by atoms with Crippen molar-refractivity contribution in [2.75, 3.05) is 19.6 Å². The van der Waals surface area contributed by atoms with Gasteiger partial charge in [0.2, 0.25) is 0 Å². The highest BCUT2D eigenvalue weighted by Crippen LogP contribution is 2.35. The molecule has 2 fully saturated rings. The number of likely N-dealkylation sites (tertiary alicyclic amines) is 1. The lowest BCUT2D eigenvalue weighted by molar-refractivity contribution is 0.208. The van der Waals surface area contributed by atoms with E-state index < -0.39 is 11.6 Å². The van der Waals surface area contributed by atoms with Crippen molar-refractivity contribution in [3.8, 4) is 0 Å². The second-order valence-corrected chi connectivity index (χ2v) is 5.72. The number of rotatable bonds is 3. The quantitative estimate of drug-likeness (QED) is 0.903. The van der Waals surface area contributed by atoms with E-state index in [0.29, 0.717) is 30.0 Å². The van der Waals surface area contributed by atoms with Crippen LogP contribution in [-0.2, 0) is 6.54 Å². The van der Waals surface area contributed by atoms with Crippen LogP contribution in [0.4, 0.5) is 8.78 Å². The molecule has 1 N–H and O–H groups in total. The maximum atomic E-state index is 13.7. The predicted octanol–water partition coefficient (Wildman–Crippen LogP) is 2.39. The predicted molar refractivity (Wildman–Crippen MR) is 70.7 cm³/mol. The Morgan fingerprint density at radius 3 is 2.89 bits per heavy atom. The Morgan fingerprint density at radius 2 is 2.16 bits per heavy atom. The summed E-state index contributed by atoms with van der Waals surface area (Å²) in [4.78, 5) is 2.37. The van der Waals surface area contributed by atoms with Crippen LogP contribution in [0.3, 0.4) is 0 Å². The number of fused-ring (bicyclic) bond motifs is 1. The Labute approximate surface area is 112 Å². The van der Waals surface area contributed by atoms with Crippen molar-refractivity contribution in [3.05, 3.63) is 35.4 Å². The van der Waals surface area contributed by atoms with Gasteiger partial charge in [0, 0.05) is 30.8 Å². The van der Waals surface area contributed by atoms with Gasteiger partial charge >= 0.3 is 0 Å². The summed E-state index contributed by atoms with van der Waals surface area (Å²) in [6.45, 7) is 5.96. The fourth-order valence-electron chi connectivity index (χ4n) is 3.72. The molecule has 3 rings (SSSR count). The molecule has 2 saturated heterocycles. The molecule has 1 aromatic rings. The molecular weight excluding hydrogens is 246 g/mol. The van der Waals surface area contributed by atoms with E-state index in [2.05, 4.69) is 17.1 Å². The summed E-state index contributed by atoms with van der Waals surface area (Å²) in [6.07, 6.45) is 1.09. The smallest absolute Gasteiger partial charge is 0.130 e. The molecule has 0 aromatic heterocycles. The van der Waals surface area contributed by atoms with Crippen LogP contribution in [0.2, 0.25) is 0 Å². The van der Waals surface area contributed by atoms with E-state index in [9.17, 15) is 8.78 Å². The second-order valence-electron chi connectivity index (χ2n) is 5.72. The molecule has 3 atom stereocenters. The minimum atomic E-state index is -0.504. The van der Waals surface area contributed by atoms with Gasteiger partial charge in [-0.2, -0.15) is 0 Å². The Bertz CT molecular complexity index is 463. The van der Waals surface area contributed by atoms with Crippen molar-refractivity contribution >= 4 is 0 Å². The molecule has 2 aliphatic heterocycles. The third kappa shape index (κ3) is 2.39. The van der Waals surface area contributed by atoms with Gasteiger partial charge in [-0.25, -0.2) is 8.78 Å². The van der Waals surface area contributed by atoms with Crippen LogP contribution in [0.15, 0.2) is 18.2 Å². The fraction of sp³-hybridized carbons (Fsp3) is 0.600. The lowest BCUT2D eigenvalue weighted by atomic mass is 9.93. The highest BCUT2D eigenvalue weighted by atomic mass is 19.1. The molecule has 0 aliphatic carbocycles. The van der Waals surface area contributed by atoms with E-state index in [4.69, 9.17) is 0 Å². The van der Waals surface area contributed by atoms with Crippen molar-refractivity contribution in [1.82, 2.24) is 10.2 Å². The monoisotopic (exact) mass is 266 g/mol. The Hall–Kier alpha value is -1.00. The first-order valence-corrected chi connectivity index (χ1v) is 7.07. The van der Waals surface area contributed by atoms with Crippen LogP contribution in [0.5, 0.6) is 0 Å². The normalized spacial score (nSPS) is 30.8. The Morgan fingerprint density at radius 1 is 1.32 bits per heavy atom. The minimum Gasteiger partial charge on any atom is -0.316 e. The fourth-order valence-corrected chi connectivity index (χ4v) is 3.72. The lowest BCUT2D eigenvalue weighted by Gasteiger charge is -2.27. The van der Waals surface area contributed by atoms with Gasteiger partial charge in [0.1, 0.15) is 11.6 Å². The van der Waals surface area contributed by atoms with Crippen molar-refractivity contribution < 1.29 is 8.78 Å². The van der Waals surface area contributed by atoms with Gasteiger partial charge in [-0.3, -0.25) is 4.90 Å². The first-order valence-electron chi connectivity index (χ1n) is 7.07. The van der Waals surface area contributed by atoms with E-state index in [0.717, 1.165) is 32.1 Å². The number of benzene rings is 1. The lowest BCUT2D eigenvalue weighted by Crippen LogP contribution is -2.34. The molecule has 19 heavy (non-hydrogen) atoms. The van der Waals surface area contributed by atoms with Gasteiger partial charge < -0.3 is 5.32 Å². The highest BCUT2D eigenvalue weighted by Gasteiger charge is 2.42. The molecule has 0 bridgehead atoms. The zero-order valence-corrected chi connectivity index (χ0v) is 11.2. The molecule has 1 aromatic carbocycles. The Kier molecular flexibility index (Phi) is 3.54. The van der Waals surface area contributed by atoms with E-state index >= 15 is 0 Å². The maximum Gasteiger partial charge on any atom is 0.130 e. The summed E-state index contributed by atoms with van der Waals surface area (Å²) >= 11 is 0. The van der Waals surface area contributed by atoms with Crippen molar-refractivity contribution in [2.24, 2.45) is 11.8 Å². The van der Waals surface area contributed by atoms with E-state index in [1.807, 2.05) is 0 Å². The van der Waals surface area contributed by atoms with Crippen molar-refractivity contribution in [2.45, 2.75) is 25.9 Å². The minimum absolute atomic E-state index is 0.426. The van der Waals surface area contributed by atoms with E-state index in [1.165, 1.54) is 6.07 Å². The van der Waals surface area contributed by atoms with Crippen LogP contribution in [0.1, 0.15) is 18.9 Å². The highest BCUT2D eigenvalue weighted by molar-refractivity contribution is 5.19. The second kappa shape index (κ2) is 5.17. The topological polar surface area (TPSA) is 15.3 Å². The molecule has 0 amide bonds. The molecule has 3 unspecified atom stereocenters. The summed E-state index contributed by atoms with van der Waals surface area (Å²) in [6, 6.07) is 4.42. The molecule has 0 radical (unpaired) electrons. The van der Waals surface area contributed by atoms with Gasteiger partial charge in [0.25, 0.3) is 0 Å². The SMILES string of the molecule is CCC1C2CNCC2CN1Cc1ccc(F)cc1F. The number of nitrogens with zero attached hydrogens (tertiary/aromatic N) is 1. The van der Waals surface area contributed by atoms with Gasteiger partial charge in [-0.05, 0) is 37.4 Å². The van der Waals surface area contributed by atoms with Crippen LogP contribution < -0.4 is 5.32 Å². The molecule has 104 valence electrons. The summed E-state index contributed by atoms with van der Waals surface area (Å²) < 4.78 is 26.7. The average Bonchev–Trinajstić information content (AvgIpc) is 2.92. The standard InChI is InChI=1S/C15H20F2N2/c1-2-15-13-7-18-6-11(13)9-19(15)8-10-3-4-12(16)5-14(10)17/h3-5,11,13,15,18H,2,6-9H2,1H3. The van der Waals surface area contributed by atoms with Crippen LogP contribution >= 0.6 is 0 Å². The molecule has 0 spiro atoms. The van der Waals surface area contributed by atoms with Gasteiger partial charge in [-0.15, -0.1) is 0 Å². The maximum absolute atomic E-state index is 13.7. The van der Waals surface area contributed by atoms with Crippen LogP contribution in [-0.4, -0.2) is 30.6 Å². The van der Waals surface area contributed by atoms with E-state index in [1.54, 1.807) is 6.07 Å². The van der Waals surface area contributed by atoms with Gasteiger partial charge in [-0.1, -0.05) is 13.0 Å². The largest absolute Gasteiger partial charge is 0.316 e. The summed E-state index contributed by atoms with van der Waals surface area (Å²) in [7, 11) is 0. The third-order valence-electron chi connectivity index (χ3n) is 4.63. The van der Waals surface area contributed by atoms with E-state index in [-0.39, 0.29) is 0 Å². The number of hydrogen-bond donors (Lipinski definition) is 1. The molecule has 2 aliphatic rings. The van der Waals surface area contributed by atoms with Crippen LogP contribution in [0.25, 0.3) is 0 Å². The van der Waals surface area contributed by atoms with Crippen molar-refractivity contribution in [3.63, 3.8) is 0 Å². The number of hydrogen-bond acceptors (Lipinski definition) is 2. The summed E-state index contributed by atoms with van der Waals surface area (Å²) in [5.74, 6) is 0.447. The molecule has 4 heteroatoms. The summed E-state index contributed by atoms with van der Waals surface area (Å²) in [5, 5.41) is 3.44. The molecule has 0 saturated carbocycles. The summed E-state index contributed by atoms with van der Waals surface area (Å²) in [5.41, 5.74) is 0.604. The zero-order valence-electron chi connectivity index (χ0n) is 11.2. The van der Waals surface area contributed by atoms with Gasteiger partial charge in [0.15, 0.2) is 0 Å². The number of halogens is 2.